The van der Waals surface area contributed by atoms with E-state index in [1.54, 1.807) is 6.08 Å². The summed E-state index contributed by atoms with van der Waals surface area (Å²) >= 11 is 0. The number of benzene rings is 2. The van der Waals surface area contributed by atoms with E-state index in [9.17, 15) is 4.79 Å². The highest BCUT2D eigenvalue weighted by molar-refractivity contribution is 5.95. The summed E-state index contributed by atoms with van der Waals surface area (Å²) in [5.41, 5.74) is 11.3. The topological polar surface area (TPSA) is 26.3 Å². The maximum Gasteiger partial charge on any atom is 0.331 e. The van der Waals surface area contributed by atoms with Crippen LogP contribution in [-0.2, 0) is 16.0 Å². The van der Waals surface area contributed by atoms with E-state index in [-0.39, 0.29) is 5.97 Å². The summed E-state index contributed by atoms with van der Waals surface area (Å²) < 4.78 is 5.15. The van der Waals surface area contributed by atoms with Gasteiger partial charge in [0.05, 0.1) is 6.61 Å². The van der Waals surface area contributed by atoms with E-state index in [1.165, 1.54) is 38.9 Å². The molecule has 1 aliphatic carbocycles. The molecule has 2 aromatic rings. The lowest BCUT2D eigenvalue weighted by Gasteiger charge is -2.15. The second-order valence-corrected chi connectivity index (χ2v) is 7.00. The molecule has 2 heteroatoms. The van der Waals surface area contributed by atoms with Crippen LogP contribution in [0.15, 0.2) is 30.3 Å². The normalized spacial score (nSPS) is 14.7. The second-order valence-electron chi connectivity index (χ2n) is 7.00. The number of rotatable bonds is 2. The number of hydrogen-bond acceptors (Lipinski definition) is 2. The molecule has 0 spiro atoms. The number of ether oxygens (including phenoxy) is 1. The molecule has 0 saturated carbocycles. The molecule has 0 bridgehead atoms. The average molecular weight is 334 g/mol. The molecule has 0 amide bonds. The Balaban J connectivity index is 2.24. The second kappa shape index (κ2) is 6.87. The van der Waals surface area contributed by atoms with E-state index in [1.807, 2.05) is 6.92 Å². The van der Waals surface area contributed by atoms with Crippen LogP contribution in [0.3, 0.4) is 0 Å². The predicted octanol–water partition coefficient (Wildman–Crippen LogP) is 5.48. The Morgan fingerprint density at radius 3 is 2.08 bits per heavy atom. The van der Waals surface area contributed by atoms with Gasteiger partial charge in [0.1, 0.15) is 0 Å². The summed E-state index contributed by atoms with van der Waals surface area (Å²) in [7, 11) is 0. The van der Waals surface area contributed by atoms with Crippen molar-refractivity contribution in [3.8, 4) is 11.1 Å². The van der Waals surface area contributed by atoms with Crippen molar-refractivity contribution in [2.45, 2.75) is 47.5 Å². The van der Waals surface area contributed by atoms with Gasteiger partial charge in [0.25, 0.3) is 0 Å². The number of aryl methyl sites for hydroxylation is 5. The first kappa shape index (κ1) is 17.5. The van der Waals surface area contributed by atoms with Crippen LogP contribution in [0.4, 0.5) is 0 Å². The Labute approximate surface area is 150 Å². The van der Waals surface area contributed by atoms with Crippen molar-refractivity contribution in [2.75, 3.05) is 6.61 Å². The zero-order valence-electron chi connectivity index (χ0n) is 15.8. The van der Waals surface area contributed by atoms with Crippen LogP contribution < -0.4 is 0 Å². The van der Waals surface area contributed by atoms with Gasteiger partial charge in [0.2, 0.25) is 0 Å². The van der Waals surface area contributed by atoms with E-state index < -0.39 is 0 Å². The van der Waals surface area contributed by atoms with Gasteiger partial charge >= 0.3 is 5.97 Å². The van der Waals surface area contributed by atoms with Crippen LogP contribution in [0.2, 0.25) is 0 Å². The van der Waals surface area contributed by atoms with Crippen LogP contribution in [0.25, 0.3) is 16.7 Å². The first-order valence-corrected chi connectivity index (χ1v) is 9.00. The van der Waals surface area contributed by atoms with Crippen molar-refractivity contribution in [3.05, 3.63) is 63.7 Å². The summed E-state index contributed by atoms with van der Waals surface area (Å²) in [4.78, 5) is 12.1. The Bertz CT molecular complexity index is 872. The Hall–Kier alpha value is -2.35. The first-order valence-electron chi connectivity index (χ1n) is 9.00. The molecule has 0 radical (unpaired) electrons. The van der Waals surface area contributed by atoms with Crippen molar-refractivity contribution in [2.24, 2.45) is 0 Å². The van der Waals surface area contributed by atoms with Gasteiger partial charge in [-0.25, -0.2) is 4.79 Å². The lowest BCUT2D eigenvalue weighted by Crippen LogP contribution is -2.02. The minimum atomic E-state index is -0.250. The SMILES string of the molecule is CCOC(=O)/C=C1\CCc2cc(C)c(C)cc2-c2cc(C)c(C)cc21. The molecular formula is C23H26O2. The van der Waals surface area contributed by atoms with Gasteiger partial charge in [-0.15, -0.1) is 0 Å². The minimum Gasteiger partial charge on any atom is -0.463 e. The predicted molar refractivity (Wildman–Crippen MR) is 104 cm³/mol. The van der Waals surface area contributed by atoms with E-state index in [0.717, 1.165) is 24.0 Å². The van der Waals surface area contributed by atoms with Crippen LogP contribution in [0.1, 0.15) is 46.7 Å². The fourth-order valence-corrected chi connectivity index (χ4v) is 3.52. The standard InChI is InChI=1S/C23H26O2/c1-6-25-23(24)13-19-8-7-18-9-14(2)15(3)10-20(18)22-12-17(5)16(4)11-21(19)22/h9-13H,6-8H2,1-5H3/b19-13+. The zero-order valence-corrected chi connectivity index (χ0v) is 15.8. The van der Waals surface area contributed by atoms with E-state index in [4.69, 9.17) is 4.74 Å². The summed E-state index contributed by atoms with van der Waals surface area (Å²) in [6, 6.07) is 9.09. The van der Waals surface area contributed by atoms with E-state index in [0.29, 0.717) is 6.61 Å². The number of hydrogen-bond donors (Lipinski definition) is 0. The van der Waals surface area contributed by atoms with Gasteiger partial charge in [0.15, 0.2) is 0 Å². The van der Waals surface area contributed by atoms with Crippen molar-refractivity contribution < 1.29 is 9.53 Å². The highest BCUT2D eigenvalue weighted by Crippen LogP contribution is 2.40. The summed E-state index contributed by atoms with van der Waals surface area (Å²) in [6.45, 7) is 10.8. The highest BCUT2D eigenvalue weighted by atomic mass is 16.5. The Morgan fingerprint density at radius 1 is 0.880 bits per heavy atom. The molecule has 0 aliphatic heterocycles. The van der Waals surface area contributed by atoms with Gasteiger partial charge in [0, 0.05) is 6.08 Å². The third kappa shape index (κ3) is 3.39. The van der Waals surface area contributed by atoms with Crippen LogP contribution in [-0.4, -0.2) is 12.6 Å². The van der Waals surface area contributed by atoms with Gasteiger partial charge < -0.3 is 4.74 Å². The number of carbonyl (C=O) groups excluding carboxylic acids is 1. The average Bonchev–Trinajstić information content (AvgIpc) is 2.68. The molecule has 0 N–H and O–H groups in total. The fourth-order valence-electron chi connectivity index (χ4n) is 3.52. The van der Waals surface area contributed by atoms with Crippen LogP contribution in [0.5, 0.6) is 0 Å². The first-order chi connectivity index (χ1) is 11.9. The number of carbonyl (C=O) groups is 1. The molecule has 0 heterocycles. The van der Waals surface area contributed by atoms with Crippen LogP contribution in [0, 0.1) is 27.7 Å². The summed E-state index contributed by atoms with van der Waals surface area (Å²) in [5, 5.41) is 0. The van der Waals surface area contributed by atoms with Crippen molar-refractivity contribution >= 4 is 11.5 Å². The zero-order chi connectivity index (χ0) is 18.1. The number of esters is 1. The number of allylic oxidation sites excluding steroid dienone is 1. The molecule has 0 fully saturated rings. The molecule has 0 saturated heterocycles. The molecule has 0 atom stereocenters. The van der Waals surface area contributed by atoms with Crippen molar-refractivity contribution in [3.63, 3.8) is 0 Å². The van der Waals surface area contributed by atoms with Crippen molar-refractivity contribution in [1.82, 2.24) is 0 Å². The summed E-state index contributed by atoms with van der Waals surface area (Å²) in [5.74, 6) is -0.250. The largest absolute Gasteiger partial charge is 0.463 e. The third-order valence-electron chi connectivity index (χ3n) is 5.23. The highest BCUT2D eigenvalue weighted by Gasteiger charge is 2.20. The molecule has 2 aromatic carbocycles. The lowest BCUT2D eigenvalue weighted by molar-refractivity contribution is -0.137. The van der Waals surface area contributed by atoms with Gasteiger partial charge in [-0.05, 0) is 97.5 Å². The van der Waals surface area contributed by atoms with Gasteiger partial charge in [-0.3, -0.25) is 0 Å². The van der Waals surface area contributed by atoms with E-state index in [2.05, 4.69) is 52.0 Å². The maximum absolute atomic E-state index is 12.1. The van der Waals surface area contributed by atoms with Gasteiger partial charge in [-0.1, -0.05) is 24.3 Å². The summed E-state index contributed by atoms with van der Waals surface area (Å²) in [6.07, 6.45) is 3.47. The molecular weight excluding hydrogens is 308 g/mol. The lowest BCUT2D eigenvalue weighted by atomic mass is 9.89. The number of fused-ring (bicyclic) bond motifs is 3. The Kier molecular flexibility index (Phi) is 4.80. The molecule has 2 nitrogen and oxygen atoms in total. The van der Waals surface area contributed by atoms with Crippen LogP contribution >= 0.6 is 0 Å². The third-order valence-corrected chi connectivity index (χ3v) is 5.23. The molecule has 130 valence electrons. The molecule has 0 unspecified atom stereocenters. The maximum atomic E-state index is 12.1. The monoisotopic (exact) mass is 334 g/mol. The molecule has 3 rings (SSSR count). The molecule has 1 aliphatic rings. The quantitative estimate of drug-likeness (QED) is 0.537. The fraction of sp³-hybridized carbons (Fsp3) is 0.348. The minimum absolute atomic E-state index is 0.250. The van der Waals surface area contributed by atoms with E-state index >= 15 is 0 Å². The Morgan fingerprint density at radius 2 is 1.44 bits per heavy atom. The smallest absolute Gasteiger partial charge is 0.331 e. The molecule has 25 heavy (non-hydrogen) atoms. The van der Waals surface area contributed by atoms with Gasteiger partial charge in [-0.2, -0.15) is 0 Å². The molecule has 0 aromatic heterocycles. The van der Waals surface area contributed by atoms with Crippen molar-refractivity contribution in [1.29, 1.82) is 0 Å².